The van der Waals surface area contributed by atoms with Gasteiger partial charge in [0.05, 0.1) is 22.3 Å². The Hall–Kier alpha value is -1.59. The minimum absolute atomic E-state index is 0.0711. The van der Waals surface area contributed by atoms with Crippen LogP contribution in [0.3, 0.4) is 0 Å². The van der Waals surface area contributed by atoms with E-state index in [1.54, 1.807) is 14.0 Å². The van der Waals surface area contributed by atoms with Crippen molar-refractivity contribution in [2.45, 2.75) is 13.0 Å². The third kappa shape index (κ3) is 3.44. The van der Waals surface area contributed by atoms with Crippen LogP contribution in [0.4, 0.5) is 5.69 Å². The van der Waals surface area contributed by atoms with Crippen LogP contribution >= 0.6 is 11.6 Å². The van der Waals surface area contributed by atoms with Crippen molar-refractivity contribution >= 4 is 29.2 Å². The van der Waals surface area contributed by atoms with E-state index in [0.29, 0.717) is 10.7 Å². The maximum absolute atomic E-state index is 11.6. The lowest BCUT2D eigenvalue weighted by molar-refractivity contribution is -0.117. The maximum Gasteiger partial charge on any atom is 0.335 e. The second kappa shape index (κ2) is 5.65. The number of carboxylic acids is 1. The van der Waals surface area contributed by atoms with E-state index >= 15 is 0 Å². The quantitative estimate of drug-likeness (QED) is 0.764. The molecular weight excluding hydrogens is 244 g/mol. The van der Waals surface area contributed by atoms with Crippen molar-refractivity contribution in [3.8, 4) is 0 Å². The predicted octanol–water partition coefficient (Wildman–Crippen LogP) is 1.58. The molecule has 0 fully saturated rings. The fourth-order valence-electron chi connectivity index (χ4n) is 1.13. The van der Waals surface area contributed by atoms with Crippen molar-refractivity contribution in [2.75, 3.05) is 12.4 Å². The molecular formula is C11H13ClN2O3. The lowest BCUT2D eigenvalue weighted by Gasteiger charge is -2.12. The first kappa shape index (κ1) is 13.5. The first-order chi connectivity index (χ1) is 7.95. The van der Waals surface area contributed by atoms with Crippen molar-refractivity contribution in [2.24, 2.45) is 0 Å². The van der Waals surface area contributed by atoms with Crippen molar-refractivity contribution in [1.82, 2.24) is 5.32 Å². The number of aromatic carboxylic acids is 1. The van der Waals surface area contributed by atoms with Gasteiger partial charge in [-0.05, 0) is 32.2 Å². The number of hydrogen-bond donors (Lipinski definition) is 3. The molecule has 1 aromatic rings. The van der Waals surface area contributed by atoms with Crippen LogP contribution in [-0.4, -0.2) is 30.1 Å². The van der Waals surface area contributed by atoms with Crippen molar-refractivity contribution in [3.05, 3.63) is 28.8 Å². The van der Waals surface area contributed by atoms with Gasteiger partial charge in [-0.2, -0.15) is 0 Å². The monoisotopic (exact) mass is 256 g/mol. The molecule has 0 spiro atoms. The minimum Gasteiger partial charge on any atom is -0.478 e. The molecule has 0 saturated carbocycles. The van der Waals surface area contributed by atoms with Crippen LogP contribution < -0.4 is 10.6 Å². The van der Waals surface area contributed by atoms with Gasteiger partial charge in [-0.1, -0.05) is 11.6 Å². The molecule has 0 aliphatic rings. The summed E-state index contributed by atoms with van der Waals surface area (Å²) < 4.78 is 0. The number of carboxylic acid groups (broad SMARTS) is 1. The largest absolute Gasteiger partial charge is 0.478 e. The highest BCUT2D eigenvalue weighted by atomic mass is 35.5. The van der Waals surface area contributed by atoms with Gasteiger partial charge in [0.25, 0.3) is 0 Å². The zero-order chi connectivity index (χ0) is 13.0. The molecule has 1 aromatic carbocycles. The number of rotatable bonds is 4. The van der Waals surface area contributed by atoms with E-state index < -0.39 is 5.97 Å². The summed E-state index contributed by atoms with van der Waals surface area (Å²) in [6, 6.07) is 3.75. The summed E-state index contributed by atoms with van der Waals surface area (Å²) in [6.07, 6.45) is 0. The first-order valence-electron chi connectivity index (χ1n) is 4.96. The topological polar surface area (TPSA) is 78.4 Å². The summed E-state index contributed by atoms with van der Waals surface area (Å²) in [4.78, 5) is 22.4. The minimum atomic E-state index is -1.07. The highest BCUT2D eigenvalue weighted by Gasteiger charge is 2.13. The smallest absolute Gasteiger partial charge is 0.335 e. The second-order valence-electron chi connectivity index (χ2n) is 3.50. The SMILES string of the molecule is CNC(C)C(=O)Nc1cc(C(=O)O)ccc1Cl. The Morgan fingerprint density at radius 3 is 2.59 bits per heavy atom. The van der Waals surface area contributed by atoms with Crippen molar-refractivity contribution in [3.63, 3.8) is 0 Å². The van der Waals surface area contributed by atoms with E-state index in [-0.39, 0.29) is 17.5 Å². The van der Waals surface area contributed by atoms with Gasteiger partial charge in [-0.3, -0.25) is 4.79 Å². The molecule has 0 aliphatic heterocycles. The Balaban J connectivity index is 2.94. The molecule has 0 aromatic heterocycles. The standard InChI is InChI=1S/C11H13ClN2O3/c1-6(13-2)10(15)14-9-5-7(11(16)17)3-4-8(9)12/h3-6,13H,1-2H3,(H,14,15)(H,16,17). The molecule has 1 amide bonds. The number of hydrogen-bond acceptors (Lipinski definition) is 3. The molecule has 1 atom stereocenters. The van der Waals surface area contributed by atoms with Gasteiger partial charge in [0.1, 0.15) is 0 Å². The Labute approximate surface area is 104 Å². The fourth-order valence-corrected chi connectivity index (χ4v) is 1.29. The van der Waals surface area contributed by atoms with E-state index in [2.05, 4.69) is 10.6 Å². The molecule has 0 aliphatic carbocycles. The lowest BCUT2D eigenvalue weighted by atomic mass is 10.2. The van der Waals surface area contributed by atoms with Gasteiger partial charge in [0.2, 0.25) is 5.91 Å². The Morgan fingerprint density at radius 2 is 2.06 bits per heavy atom. The number of anilines is 1. The Morgan fingerprint density at radius 1 is 1.41 bits per heavy atom. The van der Waals surface area contributed by atoms with Crippen LogP contribution in [0.2, 0.25) is 5.02 Å². The summed E-state index contributed by atoms with van der Waals surface area (Å²) in [5, 5.41) is 14.4. The van der Waals surface area contributed by atoms with Gasteiger partial charge in [-0.15, -0.1) is 0 Å². The Bertz CT molecular complexity index is 448. The highest BCUT2D eigenvalue weighted by Crippen LogP contribution is 2.23. The van der Waals surface area contributed by atoms with Crippen molar-refractivity contribution in [1.29, 1.82) is 0 Å². The average molecular weight is 257 g/mol. The third-order valence-corrected chi connectivity index (χ3v) is 2.63. The number of halogens is 1. The molecule has 0 bridgehead atoms. The third-order valence-electron chi connectivity index (χ3n) is 2.30. The average Bonchev–Trinajstić information content (AvgIpc) is 2.30. The molecule has 0 saturated heterocycles. The van der Waals surface area contributed by atoms with Crippen LogP contribution in [0.15, 0.2) is 18.2 Å². The van der Waals surface area contributed by atoms with Gasteiger partial charge in [-0.25, -0.2) is 4.79 Å². The van der Waals surface area contributed by atoms with Gasteiger partial charge in [0, 0.05) is 0 Å². The van der Waals surface area contributed by atoms with Gasteiger partial charge in [0.15, 0.2) is 0 Å². The number of likely N-dealkylation sites (N-methyl/N-ethyl adjacent to an activating group) is 1. The van der Waals surface area contributed by atoms with Gasteiger partial charge < -0.3 is 15.7 Å². The van der Waals surface area contributed by atoms with E-state index in [1.807, 2.05) is 0 Å². The molecule has 6 heteroatoms. The van der Waals surface area contributed by atoms with Crippen LogP contribution in [0.5, 0.6) is 0 Å². The lowest BCUT2D eigenvalue weighted by Crippen LogP contribution is -2.35. The first-order valence-corrected chi connectivity index (χ1v) is 5.34. The van der Waals surface area contributed by atoms with Crippen LogP contribution in [-0.2, 0) is 4.79 Å². The van der Waals surface area contributed by atoms with Crippen molar-refractivity contribution < 1.29 is 14.7 Å². The molecule has 1 rings (SSSR count). The highest BCUT2D eigenvalue weighted by molar-refractivity contribution is 6.33. The van der Waals surface area contributed by atoms with Crippen LogP contribution in [0.1, 0.15) is 17.3 Å². The van der Waals surface area contributed by atoms with Crippen LogP contribution in [0.25, 0.3) is 0 Å². The molecule has 3 N–H and O–H groups in total. The number of amides is 1. The van der Waals surface area contributed by atoms with E-state index in [4.69, 9.17) is 16.7 Å². The molecule has 0 heterocycles. The summed E-state index contributed by atoms with van der Waals surface area (Å²) in [5.74, 6) is -1.35. The zero-order valence-corrected chi connectivity index (χ0v) is 10.2. The molecule has 92 valence electrons. The van der Waals surface area contributed by atoms with E-state index in [1.165, 1.54) is 18.2 Å². The number of carbonyl (C=O) groups is 2. The van der Waals surface area contributed by atoms with E-state index in [0.717, 1.165) is 0 Å². The fraction of sp³-hybridized carbons (Fsp3) is 0.273. The summed E-state index contributed by atoms with van der Waals surface area (Å²) in [6.45, 7) is 1.68. The van der Waals surface area contributed by atoms with Crippen LogP contribution in [0, 0.1) is 0 Å². The predicted molar refractivity (Wildman–Crippen MR) is 65.6 cm³/mol. The number of nitrogens with one attached hydrogen (secondary N) is 2. The second-order valence-corrected chi connectivity index (χ2v) is 3.91. The molecule has 1 unspecified atom stereocenters. The van der Waals surface area contributed by atoms with E-state index in [9.17, 15) is 9.59 Å². The number of benzene rings is 1. The normalized spacial score (nSPS) is 11.9. The summed E-state index contributed by atoms with van der Waals surface area (Å²) in [7, 11) is 1.65. The number of carbonyl (C=O) groups excluding carboxylic acids is 1. The van der Waals surface area contributed by atoms with Gasteiger partial charge >= 0.3 is 5.97 Å². The maximum atomic E-state index is 11.6. The molecule has 17 heavy (non-hydrogen) atoms. The summed E-state index contributed by atoms with van der Waals surface area (Å²) in [5.41, 5.74) is 0.362. The Kier molecular flexibility index (Phi) is 4.48. The molecule has 5 nitrogen and oxygen atoms in total. The summed E-state index contributed by atoms with van der Waals surface area (Å²) >= 11 is 5.86. The molecule has 0 radical (unpaired) electrons. The zero-order valence-electron chi connectivity index (χ0n) is 9.45.